The second-order valence-corrected chi connectivity index (χ2v) is 10.5. The van der Waals surface area contributed by atoms with E-state index in [2.05, 4.69) is 30.9 Å². The number of nitrogens with zero attached hydrogens (tertiary/aromatic N) is 5. The van der Waals surface area contributed by atoms with Crippen molar-refractivity contribution in [2.24, 2.45) is 17.8 Å². The summed E-state index contributed by atoms with van der Waals surface area (Å²) in [6, 6.07) is -0.838. The van der Waals surface area contributed by atoms with Gasteiger partial charge >= 0.3 is 6.18 Å². The molecule has 1 saturated heterocycles. The maximum Gasteiger partial charge on any atom is 0.393 e. The van der Waals surface area contributed by atoms with Crippen molar-refractivity contribution in [2.45, 2.75) is 63.1 Å². The summed E-state index contributed by atoms with van der Waals surface area (Å²) in [6.45, 7) is -1.24. The third-order valence-electron chi connectivity index (χ3n) is 7.69. The third-order valence-corrected chi connectivity index (χ3v) is 7.69. The number of amides is 2. The molecule has 1 saturated carbocycles. The maximum absolute atomic E-state index is 13.9. The van der Waals surface area contributed by atoms with Crippen molar-refractivity contribution in [3.8, 4) is 0 Å². The van der Waals surface area contributed by atoms with Gasteiger partial charge in [-0.2, -0.15) is 18.3 Å². The van der Waals surface area contributed by atoms with Crippen LogP contribution in [0.15, 0.2) is 23.2 Å². The Kier molecular flexibility index (Phi) is 7.92. The summed E-state index contributed by atoms with van der Waals surface area (Å²) < 4.78 is 86.5. The largest absolute Gasteiger partial charge is 0.393 e. The molecular formula is C25H27F6N7O3. The number of fused-ring (bicyclic) bond motifs is 1. The lowest BCUT2D eigenvalue weighted by Crippen LogP contribution is -2.47. The molecule has 1 aliphatic heterocycles. The van der Waals surface area contributed by atoms with Crippen molar-refractivity contribution in [2.75, 3.05) is 13.2 Å². The van der Waals surface area contributed by atoms with E-state index >= 15 is 0 Å². The van der Waals surface area contributed by atoms with Gasteiger partial charge in [-0.25, -0.2) is 23.3 Å². The van der Waals surface area contributed by atoms with Gasteiger partial charge in [0, 0.05) is 38.1 Å². The first-order valence-corrected chi connectivity index (χ1v) is 13.2. The first kappa shape index (κ1) is 28.8. The Morgan fingerprint density at radius 3 is 2.73 bits per heavy atom. The number of aryl methyl sites for hydroxylation is 1. The van der Waals surface area contributed by atoms with E-state index in [0.717, 1.165) is 6.26 Å². The number of imidazole rings is 1. The Balaban J connectivity index is 1.39. The number of piperidine rings is 1. The van der Waals surface area contributed by atoms with Crippen LogP contribution >= 0.6 is 0 Å². The molecule has 3 aromatic rings. The minimum absolute atomic E-state index is 0.0130. The van der Waals surface area contributed by atoms with Crippen LogP contribution in [0, 0.1) is 17.8 Å². The summed E-state index contributed by atoms with van der Waals surface area (Å²) in [5.74, 6) is -6.89. The SMILES string of the molecule is O=C(N[C@H](c1cn2nc(CC3C[C@@H](C(F)(F)F)CNC3=O)cnc2n1)C1CCC(F)(F)CC1)c1conc1CCF. The van der Waals surface area contributed by atoms with Crippen molar-refractivity contribution in [3.63, 3.8) is 0 Å². The van der Waals surface area contributed by atoms with Crippen LogP contribution in [0.5, 0.6) is 0 Å². The zero-order valence-corrected chi connectivity index (χ0v) is 21.6. The van der Waals surface area contributed by atoms with Crippen molar-refractivity contribution in [1.82, 2.24) is 35.4 Å². The van der Waals surface area contributed by atoms with E-state index in [0.29, 0.717) is 0 Å². The molecule has 41 heavy (non-hydrogen) atoms. The number of hydrogen-bond donors (Lipinski definition) is 2. The fourth-order valence-electron chi connectivity index (χ4n) is 5.42. The van der Waals surface area contributed by atoms with Crippen LogP contribution < -0.4 is 10.6 Å². The van der Waals surface area contributed by atoms with Gasteiger partial charge in [0.15, 0.2) is 0 Å². The van der Waals surface area contributed by atoms with Gasteiger partial charge in [0.1, 0.15) is 11.8 Å². The molecule has 0 radical (unpaired) electrons. The van der Waals surface area contributed by atoms with Gasteiger partial charge in [-0.3, -0.25) is 14.0 Å². The molecule has 3 atom stereocenters. The van der Waals surface area contributed by atoms with Gasteiger partial charge in [-0.1, -0.05) is 5.16 Å². The Hall–Kier alpha value is -3.72. The molecule has 0 bridgehead atoms. The van der Waals surface area contributed by atoms with E-state index in [1.54, 1.807) is 0 Å². The number of nitrogens with one attached hydrogen (secondary N) is 2. The van der Waals surface area contributed by atoms with Gasteiger partial charge in [0.2, 0.25) is 11.8 Å². The molecule has 0 aromatic carbocycles. The lowest BCUT2D eigenvalue weighted by atomic mass is 9.81. The summed E-state index contributed by atoms with van der Waals surface area (Å²) in [4.78, 5) is 34.0. The number of rotatable bonds is 8. The van der Waals surface area contributed by atoms with Crippen molar-refractivity contribution in [3.05, 3.63) is 41.3 Å². The van der Waals surface area contributed by atoms with Gasteiger partial charge in [-0.15, -0.1) is 0 Å². The third kappa shape index (κ3) is 6.45. The van der Waals surface area contributed by atoms with E-state index in [1.807, 2.05) is 0 Å². The number of carbonyl (C=O) groups is 2. The highest BCUT2D eigenvalue weighted by Gasteiger charge is 2.45. The summed E-state index contributed by atoms with van der Waals surface area (Å²) in [5, 5.41) is 13.1. The quantitative estimate of drug-likeness (QED) is 0.384. The zero-order valence-electron chi connectivity index (χ0n) is 21.6. The highest BCUT2D eigenvalue weighted by Crippen LogP contribution is 2.41. The fourth-order valence-corrected chi connectivity index (χ4v) is 5.42. The summed E-state index contributed by atoms with van der Waals surface area (Å²) >= 11 is 0. The molecule has 1 unspecified atom stereocenters. The second-order valence-electron chi connectivity index (χ2n) is 10.5. The highest BCUT2D eigenvalue weighted by molar-refractivity contribution is 5.95. The lowest BCUT2D eigenvalue weighted by Gasteiger charge is -2.33. The molecular weight excluding hydrogens is 560 g/mol. The fraction of sp³-hybridized carbons (Fsp3) is 0.600. The average Bonchev–Trinajstić information content (AvgIpc) is 3.55. The molecule has 2 N–H and O–H groups in total. The zero-order chi connectivity index (χ0) is 29.4. The predicted molar refractivity (Wildman–Crippen MR) is 128 cm³/mol. The van der Waals surface area contributed by atoms with Crippen LogP contribution in [-0.2, 0) is 17.6 Å². The van der Waals surface area contributed by atoms with Gasteiger partial charge in [0.05, 0.1) is 48.1 Å². The molecule has 10 nitrogen and oxygen atoms in total. The Labute approximate surface area is 229 Å². The maximum atomic E-state index is 13.9. The van der Waals surface area contributed by atoms with E-state index in [4.69, 9.17) is 4.52 Å². The standard InChI is InChI=1S/C25H27F6N7O3/c26-6-3-18-17(12-41-37-18)22(40)35-20(13-1-4-24(27,28)5-2-13)19-11-38-23(34-19)33-10-16(36-38)8-14-7-15(25(29,30)31)9-32-21(14)39/h10-15,20H,1-9H2,(H,32,39)(H,35,40)/t14?,15-,20+/m1/s1. The summed E-state index contributed by atoms with van der Waals surface area (Å²) in [6.07, 6.45) is -1.76. The van der Waals surface area contributed by atoms with Crippen LogP contribution in [-0.4, -0.2) is 61.9 Å². The monoisotopic (exact) mass is 587 g/mol. The smallest absolute Gasteiger partial charge is 0.364 e. The van der Waals surface area contributed by atoms with E-state index in [1.165, 1.54) is 16.9 Å². The Morgan fingerprint density at radius 2 is 2.02 bits per heavy atom. The van der Waals surface area contributed by atoms with Crippen molar-refractivity contribution in [1.29, 1.82) is 0 Å². The molecule has 4 heterocycles. The normalized spacial score (nSPS) is 22.4. The Morgan fingerprint density at radius 1 is 1.27 bits per heavy atom. The molecule has 2 fully saturated rings. The topological polar surface area (TPSA) is 127 Å². The minimum Gasteiger partial charge on any atom is -0.364 e. The van der Waals surface area contributed by atoms with Crippen LogP contribution in [0.3, 0.4) is 0 Å². The number of halogens is 6. The van der Waals surface area contributed by atoms with Gasteiger partial charge in [-0.05, 0) is 25.2 Å². The summed E-state index contributed by atoms with van der Waals surface area (Å²) in [7, 11) is 0. The second kappa shape index (κ2) is 11.3. The predicted octanol–water partition coefficient (Wildman–Crippen LogP) is 3.78. The Bertz CT molecular complexity index is 1400. The molecule has 5 rings (SSSR count). The van der Waals surface area contributed by atoms with Gasteiger partial charge in [0.25, 0.3) is 11.7 Å². The lowest BCUT2D eigenvalue weighted by molar-refractivity contribution is -0.183. The molecule has 222 valence electrons. The van der Waals surface area contributed by atoms with Crippen LogP contribution in [0.1, 0.15) is 65.6 Å². The number of alkyl halides is 6. The van der Waals surface area contributed by atoms with Crippen molar-refractivity contribution >= 4 is 17.6 Å². The molecule has 2 aliphatic rings. The molecule has 3 aromatic heterocycles. The average molecular weight is 588 g/mol. The summed E-state index contributed by atoms with van der Waals surface area (Å²) in [5.41, 5.74) is 0.657. The van der Waals surface area contributed by atoms with Crippen LogP contribution in [0.25, 0.3) is 5.78 Å². The number of carbonyl (C=O) groups excluding carboxylic acids is 2. The molecule has 0 spiro atoms. The number of hydrogen-bond acceptors (Lipinski definition) is 7. The number of aromatic nitrogens is 5. The first-order chi connectivity index (χ1) is 19.4. The highest BCUT2D eigenvalue weighted by atomic mass is 19.4. The van der Waals surface area contributed by atoms with E-state index in [9.17, 15) is 35.9 Å². The van der Waals surface area contributed by atoms with E-state index in [-0.39, 0.29) is 73.4 Å². The van der Waals surface area contributed by atoms with Crippen molar-refractivity contribution < 1.29 is 40.5 Å². The van der Waals surface area contributed by atoms with Gasteiger partial charge < -0.3 is 15.2 Å². The molecule has 16 heteroatoms. The first-order valence-electron chi connectivity index (χ1n) is 13.2. The molecule has 1 aliphatic carbocycles. The van der Waals surface area contributed by atoms with Crippen LogP contribution in [0.4, 0.5) is 26.3 Å². The minimum atomic E-state index is -4.44. The van der Waals surface area contributed by atoms with Crippen LogP contribution in [0.2, 0.25) is 0 Å². The molecule has 2 amide bonds. The van der Waals surface area contributed by atoms with E-state index < -0.39 is 60.9 Å².